The molecule has 3 aromatic rings. The summed E-state index contributed by atoms with van der Waals surface area (Å²) in [5.74, 6) is -0.531. The Kier molecular flexibility index (Phi) is 7.42. The molecule has 0 atom stereocenters. The minimum Gasteiger partial charge on any atom is -0.322 e. The summed E-state index contributed by atoms with van der Waals surface area (Å²) < 4.78 is 27.3. The predicted octanol–water partition coefficient (Wildman–Crippen LogP) is 3.58. The van der Waals surface area contributed by atoms with Gasteiger partial charge in [0.25, 0.3) is 11.8 Å². The number of likely N-dealkylation sites (N-methyl/N-ethyl adjacent to an activating group) is 1. The van der Waals surface area contributed by atoms with Gasteiger partial charge in [-0.05, 0) is 66.5 Å². The first-order chi connectivity index (χ1) is 16.4. The molecule has 10 heteroatoms. The van der Waals surface area contributed by atoms with Gasteiger partial charge in [0, 0.05) is 43.1 Å². The lowest BCUT2D eigenvalue weighted by atomic mass is 10.2. The van der Waals surface area contributed by atoms with Crippen molar-refractivity contribution in [3.05, 3.63) is 76.5 Å². The Morgan fingerprint density at radius 3 is 2.00 bits per heavy atom. The molecule has 178 valence electrons. The van der Waals surface area contributed by atoms with Crippen LogP contribution in [-0.4, -0.2) is 62.2 Å². The molecule has 1 aromatic heterocycles. The van der Waals surface area contributed by atoms with E-state index in [4.69, 9.17) is 0 Å². The van der Waals surface area contributed by atoms with Crippen LogP contribution in [0.3, 0.4) is 0 Å². The van der Waals surface area contributed by atoms with Crippen molar-refractivity contribution in [3.8, 4) is 0 Å². The van der Waals surface area contributed by atoms with Crippen LogP contribution in [0.5, 0.6) is 0 Å². The minimum atomic E-state index is -3.56. The van der Waals surface area contributed by atoms with E-state index >= 15 is 0 Å². The lowest BCUT2D eigenvalue weighted by Gasteiger charge is -2.33. The van der Waals surface area contributed by atoms with Crippen molar-refractivity contribution < 1.29 is 18.0 Å². The van der Waals surface area contributed by atoms with Gasteiger partial charge in [-0.3, -0.25) is 9.59 Å². The summed E-state index contributed by atoms with van der Waals surface area (Å²) in [6, 6.07) is 16.3. The van der Waals surface area contributed by atoms with Crippen LogP contribution < -0.4 is 10.6 Å². The molecule has 0 bridgehead atoms. The number of benzene rings is 2. The fourth-order valence-electron chi connectivity index (χ4n) is 3.65. The van der Waals surface area contributed by atoms with E-state index in [9.17, 15) is 18.0 Å². The quantitative estimate of drug-likeness (QED) is 0.519. The largest absolute Gasteiger partial charge is 0.322 e. The highest BCUT2D eigenvalue weighted by molar-refractivity contribution is 7.89. The molecule has 0 aliphatic carbocycles. The second kappa shape index (κ2) is 10.5. The maximum Gasteiger partial charge on any atom is 0.265 e. The van der Waals surface area contributed by atoms with Crippen molar-refractivity contribution in [1.29, 1.82) is 0 Å². The van der Waals surface area contributed by atoms with Gasteiger partial charge in [-0.25, -0.2) is 8.42 Å². The van der Waals surface area contributed by atoms with E-state index in [1.165, 1.54) is 27.8 Å². The fourth-order valence-corrected chi connectivity index (χ4v) is 5.70. The number of thiophene rings is 1. The molecule has 0 spiro atoms. The van der Waals surface area contributed by atoms with Crippen LogP contribution in [0.4, 0.5) is 11.4 Å². The zero-order valence-electron chi connectivity index (χ0n) is 18.7. The Labute approximate surface area is 203 Å². The van der Waals surface area contributed by atoms with E-state index in [2.05, 4.69) is 22.5 Å². The first-order valence-corrected chi connectivity index (χ1v) is 13.3. The van der Waals surface area contributed by atoms with Crippen molar-refractivity contribution in [2.45, 2.75) is 11.8 Å². The maximum atomic E-state index is 12.9. The minimum absolute atomic E-state index is 0.200. The molecule has 2 N–H and O–H groups in total. The number of carbonyl (C=O) groups is 2. The average Bonchev–Trinajstić information content (AvgIpc) is 3.40. The van der Waals surface area contributed by atoms with Crippen LogP contribution in [-0.2, 0) is 10.0 Å². The molecule has 1 aliphatic heterocycles. The van der Waals surface area contributed by atoms with Crippen LogP contribution in [0.2, 0.25) is 0 Å². The fraction of sp³-hybridized carbons (Fsp3) is 0.250. The molecule has 2 amide bonds. The van der Waals surface area contributed by atoms with Crippen molar-refractivity contribution in [2.24, 2.45) is 0 Å². The third-order valence-electron chi connectivity index (χ3n) is 5.68. The number of anilines is 2. The van der Waals surface area contributed by atoms with Gasteiger partial charge in [0.1, 0.15) is 0 Å². The molecule has 0 saturated carbocycles. The third kappa shape index (κ3) is 5.53. The number of hydrogen-bond donors (Lipinski definition) is 2. The molecule has 1 aliphatic rings. The van der Waals surface area contributed by atoms with Crippen molar-refractivity contribution in [3.63, 3.8) is 0 Å². The monoisotopic (exact) mass is 498 g/mol. The Bertz CT molecular complexity index is 1230. The molecule has 1 saturated heterocycles. The van der Waals surface area contributed by atoms with E-state index in [1.54, 1.807) is 42.5 Å². The summed E-state index contributed by atoms with van der Waals surface area (Å²) in [7, 11) is -3.56. The molecule has 4 rings (SSSR count). The van der Waals surface area contributed by atoms with Gasteiger partial charge in [0.05, 0.1) is 9.77 Å². The van der Waals surface area contributed by atoms with Crippen LogP contribution in [0.25, 0.3) is 0 Å². The van der Waals surface area contributed by atoms with Crippen LogP contribution in [0.15, 0.2) is 70.9 Å². The number of sulfonamides is 1. The smallest absolute Gasteiger partial charge is 0.265 e. The summed E-state index contributed by atoms with van der Waals surface area (Å²) in [6.45, 7) is 5.36. The molecular weight excluding hydrogens is 472 g/mol. The molecule has 2 heterocycles. The van der Waals surface area contributed by atoms with Crippen LogP contribution >= 0.6 is 11.3 Å². The zero-order chi connectivity index (χ0) is 24.1. The molecule has 1 fully saturated rings. The number of carbonyl (C=O) groups excluding carboxylic acids is 2. The van der Waals surface area contributed by atoms with E-state index in [0.29, 0.717) is 34.9 Å². The Balaban J connectivity index is 1.36. The first-order valence-electron chi connectivity index (χ1n) is 11.0. The van der Waals surface area contributed by atoms with E-state index in [1.807, 2.05) is 11.4 Å². The standard InChI is InChI=1S/C24H26N4O4S2/c1-2-27-13-15-28(16-14-27)34(31,32)21-11-9-20(10-12-21)25-23(29)18-5-7-19(8-6-18)26-24(30)22-4-3-17-33-22/h3-12,17H,2,13-16H2,1H3,(H,25,29)(H,26,30). The number of amides is 2. The summed E-state index contributed by atoms with van der Waals surface area (Å²) >= 11 is 1.35. The van der Waals surface area contributed by atoms with Crippen molar-refractivity contribution in [1.82, 2.24) is 9.21 Å². The number of piperazine rings is 1. The molecule has 0 radical (unpaired) electrons. The van der Waals surface area contributed by atoms with Gasteiger partial charge in [-0.2, -0.15) is 4.31 Å². The van der Waals surface area contributed by atoms with Crippen molar-refractivity contribution >= 4 is 44.5 Å². The molecule has 34 heavy (non-hydrogen) atoms. The number of nitrogens with zero attached hydrogens (tertiary/aromatic N) is 2. The predicted molar refractivity (Wildman–Crippen MR) is 134 cm³/mol. The van der Waals surface area contributed by atoms with Gasteiger partial charge < -0.3 is 15.5 Å². The van der Waals surface area contributed by atoms with Gasteiger partial charge in [0.15, 0.2) is 0 Å². The second-order valence-electron chi connectivity index (χ2n) is 7.83. The first kappa shape index (κ1) is 24.1. The number of rotatable bonds is 7. The summed E-state index contributed by atoms with van der Waals surface area (Å²) in [6.07, 6.45) is 0. The lowest BCUT2D eigenvalue weighted by Crippen LogP contribution is -2.48. The summed E-state index contributed by atoms with van der Waals surface area (Å²) in [5, 5.41) is 7.39. The van der Waals surface area contributed by atoms with Crippen LogP contribution in [0.1, 0.15) is 27.0 Å². The number of nitrogens with one attached hydrogen (secondary N) is 2. The maximum absolute atomic E-state index is 12.9. The zero-order valence-corrected chi connectivity index (χ0v) is 20.4. The number of hydrogen-bond acceptors (Lipinski definition) is 6. The topological polar surface area (TPSA) is 98.8 Å². The summed E-state index contributed by atoms with van der Waals surface area (Å²) in [4.78, 5) is 27.8. The molecule has 8 nitrogen and oxygen atoms in total. The Morgan fingerprint density at radius 1 is 0.853 bits per heavy atom. The van der Waals surface area contributed by atoms with Crippen molar-refractivity contribution in [2.75, 3.05) is 43.4 Å². The SMILES string of the molecule is CCN1CCN(S(=O)(=O)c2ccc(NC(=O)c3ccc(NC(=O)c4cccs4)cc3)cc2)CC1. The Morgan fingerprint density at radius 2 is 1.44 bits per heavy atom. The third-order valence-corrected chi connectivity index (χ3v) is 8.46. The van der Waals surface area contributed by atoms with Gasteiger partial charge >= 0.3 is 0 Å². The lowest BCUT2D eigenvalue weighted by molar-refractivity contribution is 0.102. The van der Waals surface area contributed by atoms with Gasteiger partial charge in [0.2, 0.25) is 10.0 Å². The van der Waals surface area contributed by atoms with E-state index in [-0.39, 0.29) is 16.7 Å². The highest BCUT2D eigenvalue weighted by Gasteiger charge is 2.27. The highest BCUT2D eigenvalue weighted by atomic mass is 32.2. The second-order valence-corrected chi connectivity index (χ2v) is 10.7. The van der Waals surface area contributed by atoms with Crippen LogP contribution in [0, 0.1) is 0 Å². The van der Waals surface area contributed by atoms with Gasteiger partial charge in [-0.15, -0.1) is 11.3 Å². The Hall–Kier alpha value is -3.05. The van der Waals surface area contributed by atoms with E-state index < -0.39 is 10.0 Å². The van der Waals surface area contributed by atoms with E-state index in [0.717, 1.165) is 19.6 Å². The molecular formula is C24H26N4O4S2. The summed E-state index contributed by atoms with van der Waals surface area (Å²) in [5.41, 5.74) is 1.50. The average molecular weight is 499 g/mol. The highest BCUT2D eigenvalue weighted by Crippen LogP contribution is 2.21. The van der Waals surface area contributed by atoms with Gasteiger partial charge in [-0.1, -0.05) is 13.0 Å². The normalized spacial score (nSPS) is 15.1. The molecule has 0 unspecified atom stereocenters. The molecule has 2 aromatic carbocycles.